The summed E-state index contributed by atoms with van der Waals surface area (Å²) in [5.41, 5.74) is 5.12. The van der Waals surface area contributed by atoms with E-state index in [1.54, 1.807) is 4.31 Å². The van der Waals surface area contributed by atoms with Gasteiger partial charge in [-0.15, -0.1) is 0 Å². The van der Waals surface area contributed by atoms with Gasteiger partial charge in [-0.05, 0) is 75.5 Å². The van der Waals surface area contributed by atoms with Gasteiger partial charge in [-0.3, -0.25) is 0 Å². The molecule has 1 aromatic rings. The molecular formula is C19H34N2O2S. The van der Waals surface area contributed by atoms with Gasteiger partial charge >= 0.3 is 0 Å². The van der Waals surface area contributed by atoms with Crippen LogP contribution in [0.2, 0.25) is 0 Å². The smallest absolute Gasteiger partial charge is 0.243 e. The number of likely N-dealkylation sites (N-methyl/N-ethyl adjacent to an activating group) is 2. The molecule has 0 saturated carbocycles. The lowest BCUT2D eigenvalue weighted by atomic mass is 9.95. The lowest BCUT2D eigenvalue weighted by Crippen LogP contribution is -2.39. The fourth-order valence-corrected chi connectivity index (χ4v) is 5.22. The molecule has 1 aromatic carbocycles. The molecule has 0 radical (unpaired) electrons. The molecule has 5 heteroatoms. The summed E-state index contributed by atoms with van der Waals surface area (Å²) in [6.45, 7) is 19.8. The Kier molecular flexibility index (Phi) is 7.44. The van der Waals surface area contributed by atoms with Gasteiger partial charge in [-0.1, -0.05) is 20.8 Å². The molecule has 24 heavy (non-hydrogen) atoms. The summed E-state index contributed by atoms with van der Waals surface area (Å²) in [5, 5.41) is 0. The zero-order chi connectivity index (χ0) is 18.7. The molecule has 0 saturated heterocycles. The van der Waals surface area contributed by atoms with Crippen molar-refractivity contribution in [2.24, 2.45) is 0 Å². The monoisotopic (exact) mass is 354 g/mol. The van der Waals surface area contributed by atoms with Gasteiger partial charge in [-0.2, -0.15) is 4.31 Å². The molecule has 0 amide bonds. The highest BCUT2D eigenvalue weighted by Gasteiger charge is 2.29. The van der Waals surface area contributed by atoms with Crippen molar-refractivity contribution in [2.75, 3.05) is 32.7 Å². The third-order valence-electron chi connectivity index (χ3n) is 5.44. The lowest BCUT2D eigenvalue weighted by Gasteiger charge is -2.27. The van der Waals surface area contributed by atoms with Crippen LogP contribution >= 0.6 is 0 Å². The third kappa shape index (κ3) is 4.01. The van der Waals surface area contributed by atoms with E-state index in [4.69, 9.17) is 0 Å². The number of nitrogens with zero attached hydrogens (tertiary/aromatic N) is 2. The largest absolute Gasteiger partial charge is 0.303 e. The van der Waals surface area contributed by atoms with Gasteiger partial charge in [0.1, 0.15) is 0 Å². The molecule has 0 unspecified atom stereocenters. The van der Waals surface area contributed by atoms with Crippen LogP contribution in [0.5, 0.6) is 0 Å². The minimum absolute atomic E-state index is 0.494. The van der Waals surface area contributed by atoms with Crippen molar-refractivity contribution in [1.82, 2.24) is 9.21 Å². The van der Waals surface area contributed by atoms with E-state index in [-0.39, 0.29) is 0 Å². The van der Waals surface area contributed by atoms with E-state index in [9.17, 15) is 8.42 Å². The fraction of sp³-hybridized carbons (Fsp3) is 0.684. The Morgan fingerprint density at radius 3 is 1.46 bits per heavy atom. The van der Waals surface area contributed by atoms with E-state index in [2.05, 4.69) is 25.7 Å². The highest BCUT2D eigenvalue weighted by molar-refractivity contribution is 7.89. The number of rotatable bonds is 8. The fourth-order valence-electron chi connectivity index (χ4n) is 3.22. The molecule has 0 N–H and O–H groups in total. The average molecular weight is 355 g/mol. The molecule has 0 bridgehead atoms. The van der Waals surface area contributed by atoms with Gasteiger partial charge in [0.2, 0.25) is 10.0 Å². The maximum atomic E-state index is 13.3. The van der Waals surface area contributed by atoms with E-state index in [1.165, 1.54) is 5.56 Å². The maximum Gasteiger partial charge on any atom is 0.243 e. The summed E-state index contributed by atoms with van der Waals surface area (Å²) in [6.07, 6.45) is 0. The van der Waals surface area contributed by atoms with E-state index in [0.29, 0.717) is 18.0 Å². The van der Waals surface area contributed by atoms with Crippen LogP contribution in [0.1, 0.15) is 48.6 Å². The second-order valence-corrected chi connectivity index (χ2v) is 8.35. The SMILES string of the molecule is CCN(CC)CCN(CC)S(=O)(=O)c1c(C)c(C)c(C)c(C)c1C. The molecule has 0 aliphatic heterocycles. The predicted molar refractivity (Wildman–Crippen MR) is 102 cm³/mol. The van der Waals surface area contributed by atoms with Crippen LogP contribution < -0.4 is 0 Å². The van der Waals surface area contributed by atoms with Gasteiger partial charge in [0.15, 0.2) is 0 Å². The van der Waals surface area contributed by atoms with Crippen molar-refractivity contribution in [1.29, 1.82) is 0 Å². The Bertz CT molecular complexity index is 648. The first-order valence-corrected chi connectivity index (χ1v) is 10.4. The van der Waals surface area contributed by atoms with Crippen LogP contribution in [0.25, 0.3) is 0 Å². The van der Waals surface area contributed by atoms with Crippen molar-refractivity contribution in [2.45, 2.75) is 60.3 Å². The molecule has 1 rings (SSSR count). The van der Waals surface area contributed by atoms with Crippen molar-refractivity contribution >= 4 is 10.0 Å². The molecule has 0 fully saturated rings. The quantitative estimate of drug-likeness (QED) is 0.716. The summed E-state index contributed by atoms with van der Waals surface area (Å²) < 4.78 is 28.3. The van der Waals surface area contributed by atoms with E-state index < -0.39 is 10.0 Å². The summed E-state index contributed by atoms with van der Waals surface area (Å²) >= 11 is 0. The van der Waals surface area contributed by atoms with Crippen LogP contribution in [0.3, 0.4) is 0 Å². The molecule has 0 spiro atoms. The van der Waals surface area contributed by atoms with Crippen molar-refractivity contribution in [3.05, 3.63) is 27.8 Å². The zero-order valence-electron chi connectivity index (χ0n) is 16.7. The van der Waals surface area contributed by atoms with Crippen molar-refractivity contribution < 1.29 is 8.42 Å². The highest BCUT2D eigenvalue weighted by atomic mass is 32.2. The number of sulfonamides is 1. The minimum Gasteiger partial charge on any atom is -0.303 e. The average Bonchev–Trinajstić information content (AvgIpc) is 2.55. The lowest BCUT2D eigenvalue weighted by molar-refractivity contribution is 0.274. The molecule has 0 atom stereocenters. The summed E-state index contributed by atoms with van der Waals surface area (Å²) in [4.78, 5) is 2.76. The second-order valence-electron chi connectivity index (χ2n) is 6.48. The predicted octanol–water partition coefficient (Wildman–Crippen LogP) is 3.58. The van der Waals surface area contributed by atoms with Crippen LogP contribution in [0.15, 0.2) is 4.90 Å². The second kappa shape index (κ2) is 8.45. The van der Waals surface area contributed by atoms with Crippen LogP contribution in [-0.4, -0.2) is 50.3 Å². The molecule has 0 heterocycles. The number of hydrogen-bond acceptors (Lipinski definition) is 3. The summed E-state index contributed by atoms with van der Waals surface area (Å²) in [6, 6.07) is 0. The topological polar surface area (TPSA) is 40.6 Å². The Morgan fingerprint density at radius 1 is 0.667 bits per heavy atom. The van der Waals surface area contributed by atoms with E-state index in [0.717, 1.165) is 41.9 Å². The van der Waals surface area contributed by atoms with Gasteiger partial charge < -0.3 is 4.90 Å². The Labute approximate surface area is 148 Å². The van der Waals surface area contributed by atoms with E-state index in [1.807, 2.05) is 34.6 Å². The normalized spacial score (nSPS) is 12.4. The van der Waals surface area contributed by atoms with E-state index >= 15 is 0 Å². The summed E-state index contributed by atoms with van der Waals surface area (Å²) in [5.74, 6) is 0. The third-order valence-corrected chi connectivity index (χ3v) is 7.69. The Hall–Kier alpha value is -0.910. The first kappa shape index (κ1) is 21.1. The Morgan fingerprint density at radius 2 is 1.08 bits per heavy atom. The molecular weight excluding hydrogens is 320 g/mol. The first-order valence-electron chi connectivity index (χ1n) is 8.92. The van der Waals surface area contributed by atoms with Crippen LogP contribution in [-0.2, 0) is 10.0 Å². The van der Waals surface area contributed by atoms with Crippen molar-refractivity contribution in [3.63, 3.8) is 0 Å². The first-order chi connectivity index (χ1) is 11.1. The molecule has 138 valence electrons. The van der Waals surface area contributed by atoms with Gasteiger partial charge in [-0.25, -0.2) is 8.42 Å². The standard InChI is InChI=1S/C19H34N2O2S/c1-9-20(10-2)12-13-21(11-3)24(22,23)19-17(7)15(5)14(4)16(6)18(19)8/h9-13H2,1-8H3. The van der Waals surface area contributed by atoms with Crippen LogP contribution in [0, 0.1) is 34.6 Å². The highest BCUT2D eigenvalue weighted by Crippen LogP contribution is 2.31. The molecule has 4 nitrogen and oxygen atoms in total. The zero-order valence-corrected chi connectivity index (χ0v) is 17.5. The van der Waals surface area contributed by atoms with Crippen LogP contribution in [0.4, 0.5) is 0 Å². The maximum absolute atomic E-state index is 13.3. The van der Waals surface area contributed by atoms with Gasteiger partial charge in [0.05, 0.1) is 4.90 Å². The molecule has 0 aliphatic rings. The number of benzene rings is 1. The molecule has 0 aromatic heterocycles. The van der Waals surface area contributed by atoms with Crippen molar-refractivity contribution in [3.8, 4) is 0 Å². The van der Waals surface area contributed by atoms with Gasteiger partial charge in [0, 0.05) is 19.6 Å². The summed E-state index contributed by atoms with van der Waals surface area (Å²) in [7, 11) is -3.48. The minimum atomic E-state index is -3.48. The Balaban J connectivity index is 3.33. The molecule has 0 aliphatic carbocycles. The van der Waals surface area contributed by atoms with Gasteiger partial charge in [0.25, 0.3) is 0 Å². The number of hydrogen-bond donors (Lipinski definition) is 0.